The molecule has 2 aromatic carbocycles. The molecule has 0 radical (unpaired) electrons. The third-order valence-corrected chi connectivity index (χ3v) is 5.85. The van der Waals surface area contributed by atoms with Crippen LogP contribution < -0.4 is 15.6 Å². The Kier molecular flexibility index (Phi) is 7.52. The molecule has 0 fully saturated rings. The fraction of sp³-hybridized carbons (Fsp3) is 0.292. The Morgan fingerprint density at radius 2 is 1.97 bits per heavy atom. The van der Waals surface area contributed by atoms with E-state index in [-0.39, 0.29) is 23.8 Å². The van der Waals surface area contributed by atoms with Gasteiger partial charge in [-0.25, -0.2) is 4.98 Å². The van der Waals surface area contributed by atoms with E-state index in [2.05, 4.69) is 29.1 Å². The summed E-state index contributed by atoms with van der Waals surface area (Å²) < 4.78 is 5.24. The lowest BCUT2D eigenvalue weighted by molar-refractivity contribution is -0.115. The number of aryl methyl sites for hydroxylation is 1. The number of methoxy groups -OCH3 is 1. The molecule has 162 valence electrons. The van der Waals surface area contributed by atoms with Gasteiger partial charge in [-0.05, 0) is 42.2 Å². The first-order valence-electron chi connectivity index (χ1n) is 10.1. The second-order valence-corrected chi connectivity index (χ2v) is 8.51. The van der Waals surface area contributed by atoms with Gasteiger partial charge < -0.3 is 15.0 Å². The minimum Gasteiger partial charge on any atom is -0.497 e. The van der Waals surface area contributed by atoms with E-state index in [1.54, 1.807) is 14.0 Å². The number of carbonyl (C=O) groups is 1. The molecule has 3 aromatic rings. The molecular weight excluding hydrogens is 410 g/mol. The summed E-state index contributed by atoms with van der Waals surface area (Å²) in [7, 11) is 1.63. The molecule has 0 atom stereocenters. The van der Waals surface area contributed by atoms with E-state index in [1.807, 2.05) is 48.5 Å². The van der Waals surface area contributed by atoms with Crippen LogP contribution in [0.25, 0.3) is 0 Å². The van der Waals surface area contributed by atoms with Gasteiger partial charge in [0.05, 0.1) is 13.5 Å². The average molecular weight is 438 g/mol. The number of benzene rings is 2. The number of hydrogen-bond acceptors (Lipinski definition) is 5. The highest BCUT2D eigenvalue weighted by Crippen LogP contribution is 2.24. The van der Waals surface area contributed by atoms with Crippen molar-refractivity contribution in [2.45, 2.75) is 44.0 Å². The number of nitrogens with one attached hydrogen (secondary N) is 2. The lowest BCUT2D eigenvalue weighted by Crippen LogP contribution is -2.24. The Balaban J connectivity index is 1.69. The molecule has 7 heteroatoms. The molecule has 0 unspecified atom stereocenters. The van der Waals surface area contributed by atoms with Gasteiger partial charge in [-0.3, -0.25) is 9.59 Å². The minimum absolute atomic E-state index is 0.0264. The quantitative estimate of drug-likeness (QED) is 0.395. The Labute approximate surface area is 186 Å². The van der Waals surface area contributed by atoms with Crippen molar-refractivity contribution < 1.29 is 9.53 Å². The second kappa shape index (κ2) is 10.3. The van der Waals surface area contributed by atoms with Crippen LogP contribution in [-0.2, 0) is 17.0 Å². The maximum Gasteiger partial charge on any atom is 0.255 e. The van der Waals surface area contributed by atoms with Gasteiger partial charge in [0, 0.05) is 22.7 Å². The highest BCUT2D eigenvalue weighted by atomic mass is 32.2. The van der Waals surface area contributed by atoms with E-state index in [4.69, 9.17) is 4.74 Å². The van der Waals surface area contributed by atoms with Crippen LogP contribution in [0, 0.1) is 6.92 Å². The lowest BCUT2D eigenvalue weighted by atomic mass is 10.0. The number of ether oxygens (including phenoxy) is 1. The predicted octanol–water partition coefficient (Wildman–Crippen LogP) is 4.68. The summed E-state index contributed by atoms with van der Waals surface area (Å²) in [6.07, 6.45) is -0.0264. The zero-order valence-corrected chi connectivity index (χ0v) is 19.0. The van der Waals surface area contributed by atoms with E-state index >= 15 is 0 Å². The van der Waals surface area contributed by atoms with Crippen molar-refractivity contribution in [3.8, 4) is 5.75 Å². The number of nitrogens with zero attached hydrogens (tertiary/aromatic N) is 1. The highest BCUT2D eigenvalue weighted by molar-refractivity contribution is 7.98. The summed E-state index contributed by atoms with van der Waals surface area (Å²) >= 11 is 1.43. The van der Waals surface area contributed by atoms with Gasteiger partial charge in [0.25, 0.3) is 5.56 Å². The Morgan fingerprint density at radius 3 is 2.68 bits per heavy atom. The molecule has 0 bridgehead atoms. The van der Waals surface area contributed by atoms with Crippen LogP contribution in [0.4, 0.5) is 5.69 Å². The number of aromatic amines is 1. The van der Waals surface area contributed by atoms with Crippen LogP contribution in [0.3, 0.4) is 0 Å². The Morgan fingerprint density at radius 1 is 1.19 bits per heavy atom. The average Bonchev–Trinajstić information content (AvgIpc) is 2.75. The number of hydrogen-bond donors (Lipinski definition) is 2. The van der Waals surface area contributed by atoms with E-state index < -0.39 is 0 Å². The van der Waals surface area contributed by atoms with Crippen LogP contribution in [0.5, 0.6) is 5.75 Å². The smallest absolute Gasteiger partial charge is 0.255 e. The molecule has 3 rings (SSSR count). The van der Waals surface area contributed by atoms with Gasteiger partial charge in [0.1, 0.15) is 5.75 Å². The first-order valence-corrected chi connectivity index (χ1v) is 11.1. The maximum absolute atomic E-state index is 12.6. The van der Waals surface area contributed by atoms with Gasteiger partial charge in [-0.2, -0.15) is 0 Å². The largest absolute Gasteiger partial charge is 0.497 e. The summed E-state index contributed by atoms with van der Waals surface area (Å²) in [4.78, 5) is 32.5. The maximum atomic E-state index is 12.6. The van der Waals surface area contributed by atoms with Crippen molar-refractivity contribution in [3.05, 3.63) is 81.3 Å². The van der Waals surface area contributed by atoms with Crippen molar-refractivity contribution in [1.29, 1.82) is 0 Å². The third-order valence-electron chi connectivity index (χ3n) is 4.90. The number of amides is 1. The lowest BCUT2D eigenvalue weighted by Gasteiger charge is -2.14. The number of aromatic nitrogens is 2. The summed E-state index contributed by atoms with van der Waals surface area (Å²) in [5.74, 6) is 1.48. The van der Waals surface area contributed by atoms with Crippen molar-refractivity contribution in [2.24, 2.45) is 0 Å². The molecule has 0 aliphatic rings. The SMILES string of the molecule is COc1cccc(CSc2nc(C)c(CC(=O)Nc3ccccc3C(C)C)c(=O)[nH]2)c1. The number of carbonyl (C=O) groups excluding carboxylic acids is 1. The van der Waals surface area contributed by atoms with Crippen molar-refractivity contribution >= 4 is 23.4 Å². The summed E-state index contributed by atoms with van der Waals surface area (Å²) in [5, 5.41) is 3.46. The number of para-hydroxylation sites is 1. The van der Waals surface area contributed by atoms with E-state index in [9.17, 15) is 9.59 Å². The van der Waals surface area contributed by atoms with Gasteiger partial charge in [-0.1, -0.05) is 55.9 Å². The molecular formula is C24H27N3O3S. The molecule has 0 aliphatic heterocycles. The van der Waals surface area contributed by atoms with Gasteiger partial charge in [0.2, 0.25) is 5.91 Å². The fourth-order valence-corrected chi connectivity index (χ4v) is 4.09. The van der Waals surface area contributed by atoms with E-state index in [1.165, 1.54) is 11.8 Å². The number of rotatable bonds is 8. The standard InChI is InChI=1S/C24H27N3O3S/c1-15(2)19-10-5-6-11-21(19)26-22(28)13-20-16(3)25-24(27-23(20)29)31-14-17-8-7-9-18(12-17)30-4/h5-12,15H,13-14H2,1-4H3,(H,26,28)(H,25,27,29). The van der Waals surface area contributed by atoms with Crippen molar-refractivity contribution in [1.82, 2.24) is 9.97 Å². The van der Waals surface area contributed by atoms with Gasteiger partial charge >= 0.3 is 0 Å². The molecule has 0 saturated carbocycles. The predicted molar refractivity (Wildman–Crippen MR) is 125 cm³/mol. The summed E-state index contributed by atoms with van der Waals surface area (Å²) in [6, 6.07) is 15.5. The molecule has 0 saturated heterocycles. The molecule has 0 spiro atoms. The Hall–Kier alpha value is -3.06. The van der Waals surface area contributed by atoms with Crippen LogP contribution in [0.2, 0.25) is 0 Å². The van der Waals surface area contributed by atoms with Crippen molar-refractivity contribution in [3.63, 3.8) is 0 Å². The van der Waals surface area contributed by atoms with Crippen LogP contribution >= 0.6 is 11.8 Å². The molecule has 1 aromatic heterocycles. The monoisotopic (exact) mass is 437 g/mol. The minimum atomic E-state index is -0.284. The molecule has 1 heterocycles. The molecule has 1 amide bonds. The highest BCUT2D eigenvalue weighted by Gasteiger charge is 2.15. The van der Waals surface area contributed by atoms with Gasteiger partial charge in [0.15, 0.2) is 5.16 Å². The molecule has 31 heavy (non-hydrogen) atoms. The van der Waals surface area contributed by atoms with Crippen LogP contribution in [-0.4, -0.2) is 23.0 Å². The van der Waals surface area contributed by atoms with Gasteiger partial charge in [-0.15, -0.1) is 0 Å². The topological polar surface area (TPSA) is 84.1 Å². The number of anilines is 1. The summed E-state index contributed by atoms with van der Waals surface area (Å²) in [6.45, 7) is 5.91. The van der Waals surface area contributed by atoms with Crippen LogP contribution in [0.1, 0.15) is 42.1 Å². The Bertz CT molecular complexity index is 1130. The third kappa shape index (κ3) is 5.98. The molecule has 6 nitrogen and oxygen atoms in total. The zero-order chi connectivity index (χ0) is 22.4. The second-order valence-electron chi connectivity index (χ2n) is 7.54. The zero-order valence-electron chi connectivity index (χ0n) is 18.2. The molecule has 2 N–H and O–H groups in total. The normalized spacial score (nSPS) is 10.9. The molecule has 0 aliphatic carbocycles. The first-order chi connectivity index (χ1) is 14.9. The first kappa shape index (κ1) is 22.6. The van der Waals surface area contributed by atoms with E-state index in [0.29, 0.717) is 22.2 Å². The number of thioether (sulfide) groups is 1. The summed E-state index contributed by atoms with van der Waals surface area (Å²) in [5.41, 5.74) is 3.55. The fourth-order valence-electron chi connectivity index (χ4n) is 3.24. The van der Waals surface area contributed by atoms with E-state index in [0.717, 1.165) is 22.6 Å². The van der Waals surface area contributed by atoms with Crippen molar-refractivity contribution in [2.75, 3.05) is 12.4 Å². The number of H-pyrrole nitrogens is 1. The van der Waals surface area contributed by atoms with Crippen LogP contribution in [0.15, 0.2) is 58.5 Å².